The summed E-state index contributed by atoms with van der Waals surface area (Å²) in [5.41, 5.74) is 7.13. The highest BCUT2D eigenvalue weighted by molar-refractivity contribution is 6.04. The lowest BCUT2D eigenvalue weighted by molar-refractivity contribution is -0.117. The summed E-state index contributed by atoms with van der Waals surface area (Å²) in [5.74, 6) is -0.769. The summed E-state index contributed by atoms with van der Waals surface area (Å²) >= 11 is 0. The number of hydrogen-bond donors (Lipinski definition) is 1. The molecule has 0 saturated heterocycles. The minimum absolute atomic E-state index is 0.0833. The average molecular weight is 284 g/mol. The summed E-state index contributed by atoms with van der Waals surface area (Å²) in [5, 5.41) is 0. The Morgan fingerprint density at radius 1 is 1.29 bits per heavy atom. The lowest BCUT2D eigenvalue weighted by Gasteiger charge is -2.22. The van der Waals surface area contributed by atoms with E-state index in [2.05, 4.69) is 9.97 Å². The molecule has 0 aliphatic carbocycles. The molecule has 0 aliphatic heterocycles. The highest BCUT2D eigenvalue weighted by atomic mass is 16.2. The molecule has 1 aromatic heterocycles. The smallest absolute Gasteiger partial charge is 0.278 e. The summed E-state index contributed by atoms with van der Waals surface area (Å²) in [6.45, 7) is 2.14. The van der Waals surface area contributed by atoms with Crippen LogP contribution in [0.1, 0.15) is 22.5 Å². The van der Waals surface area contributed by atoms with E-state index in [4.69, 9.17) is 5.73 Å². The Hall–Kier alpha value is -2.76. The maximum Gasteiger partial charge on any atom is 0.278 e. The van der Waals surface area contributed by atoms with E-state index in [1.54, 1.807) is 0 Å². The monoisotopic (exact) mass is 284 g/mol. The molecule has 2 aromatic rings. The van der Waals surface area contributed by atoms with Gasteiger partial charge >= 0.3 is 0 Å². The first kappa shape index (κ1) is 14.6. The largest absolute Gasteiger partial charge is 0.370 e. The van der Waals surface area contributed by atoms with Gasteiger partial charge in [0, 0.05) is 31.0 Å². The Labute approximate surface area is 122 Å². The van der Waals surface area contributed by atoms with Crippen molar-refractivity contribution in [2.75, 3.05) is 11.4 Å². The Bertz CT molecular complexity index is 643. The Kier molecular flexibility index (Phi) is 4.61. The van der Waals surface area contributed by atoms with E-state index in [0.717, 1.165) is 5.56 Å². The second kappa shape index (κ2) is 6.60. The average Bonchev–Trinajstić information content (AvgIpc) is 2.48. The molecule has 0 radical (unpaired) electrons. The van der Waals surface area contributed by atoms with E-state index in [-0.39, 0.29) is 24.6 Å². The van der Waals surface area contributed by atoms with Gasteiger partial charge in [-0.25, -0.2) is 4.98 Å². The van der Waals surface area contributed by atoms with Crippen LogP contribution in [0.4, 0.5) is 5.69 Å². The Morgan fingerprint density at radius 2 is 2.10 bits per heavy atom. The summed E-state index contributed by atoms with van der Waals surface area (Å²) in [6, 6.07) is 7.46. The van der Waals surface area contributed by atoms with Gasteiger partial charge in [0.2, 0.25) is 5.91 Å². The highest BCUT2D eigenvalue weighted by Crippen LogP contribution is 2.18. The van der Waals surface area contributed by atoms with Crippen molar-refractivity contribution in [2.24, 2.45) is 5.73 Å². The first-order valence-corrected chi connectivity index (χ1v) is 6.51. The first-order chi connectivity index (χ1) is 10.1. The lowest BCUT2D eigenvalue weighted by Crippen LogP contribution is -2.34. The van der Waals surface area contributed by atoms with Crippen LogP contribution in [-0.2, 0) is 4.79 Å². The van der Waals surface area contributed by atoms with E-state index >= 15 is 0 Å². The van der Waals surface area contributed by atoms with Crippen molar-refractivity contribution in [1.29, 1.82) is 0 Å². The summed E-state index contributed by atoms with van der Waals surface area (Å²) in [4.78, 5) is 32.9. The van der Waals surface area contributed by atoms with Crippen molar-refractivity contribution in [2.45, 2.75) is 13.3 Å². The molecule has 0 unspecified atom stereocenters. The summed E-state index contributed by atoms with van der Waals surface area (Å²) in [7, 11) is 0. The van der Waals surface area contributed by atoms with Crippen LogP contribution in [-0.4, -0.2) is 28.3 Å². The summed E-state index contributed by atoms with van der Waals surface area (Å²) < 4.78 is 0. The molecule has 0 saturated carbocycles. The van der Waals surface area contributed by atoms with Crippen LogP contribution < -0.4 is 10.6 Å². The number of carbonyl (C=O) groups excluding carboxylic acids is 2. The van der Waals surface area contributed by atoms with Crippen LogP contribution in [0.2, 0.25) is 0 Å². The van der Waals surface area contributed by atoms with E-state index in [9.17, 15) is 9.59 Å². The molecule has 0 atom stereocenters. The number of carbonyl (C=O) groups is 2. The number of hydrogen-bond acceptors (Lipinski definition) is 4. The zero-order valence-corrected chi connectivity index (χ0v) is 11.7. The number of amides is 2. The van der Waals surface area contributed by atoms with Gasteiger partial charge in [-0.15, -0.1) is 0 Å². The number of nitrogens with zero attached hydrogens (tertiary/aromatic N) is 3. The molecular weight excluding hydrogens is 268 g/mol. The van der Waals surface area contributed by atoms with Gasteiger partial charge < -0.3 is 10.6 Å². The van der Waals surface area contributed by atoms with Crippen LogP contribution in [0.5, 0.6) is 0 Å². The van der Waals surface area contributed by atoms with Gasteiger partial charge in [-0.1, -0.05) is 12.1 Å². The number of rotatable bonds is 5. The summed E-state index contributed by atoms with van der Waals surface area (Å²) in [6.07, 6.45) is 4.43. The van der Waals surface area contributed by atoms with Crippen molar-refractivity contribution in [3.8, 4) is 0 Å². The van der Waals surface area contributed by atoms with Gasteiger partial charge in [0.1, 0.15) is 5.69 Å². The number of primary amides is 1. The predicted molar refractivity (Wildman–Crippen MR) is 78.7 cm³/mol. The third kappa shape index (κ3) is 3.85. The molecular formula is C15H16N4O2. The lowest BCUT2D eigenvalue weighted by atomic mass is 10.2. The molecule has 0 spiro atoms. The van der Waals surface area contributed by atoms with E-state index < -0.39 is 5.91 Å². The minimum atomic E-state index is -0.459. The van der Waals surface area contributed by atoms with Gasteiger partial charge in [0.05, 0.1) is 6.20 Å². The molecule has 6 heteroatoms. The molecule has 2 N–H and O–H groups in total. The maximum absolute atomic E-state index is 12.5. The zero-order valence-electron chi connectivity index (χ0n) is 11.7. The maximum atomic E-state index is 12.5. The van der Waals surface area contributed by atoms with Gasteiger partial charge in [-0.05, 0) is 24.6 Å². The molecule has 108 valence electrons. The fourth-order valence-corrected chi connectivity index (χ4v) is 1.91. The normalized spacial score (nSPS) is 10.1. The van der Waals surface area contributed by atoms with Crippen molar-refractivity contribution >= 4 is 17.5 Å². The molecule has 21 heavy (non-hydrogen) atoms. The fourth-order valence-electron chi connectivity index (χ4n) is 1.91. The second-order valence-corrected chi connectivity index (χ2v) is 4.60. The number of nitrogens with two attached hydrogens (primary N) is 1. The SMILES string of the molecule is Cc1cccc(N(CCC(N)=O)C(=O)c2cnccn2)c1. The molecule has 0 fully saturated rings. The van der Waals surface area contributed by atoms with Crippen molar-refractivity contribution in [1.82, 2.24) is 9.97 Å². The third-order valence-electron chi connectivity index (χ3n) is 2.92. The van der Waals surface area contributed by atoms with Crippen LogP contribution in [0.25, 0.3) is 0 Å². The fraction of sp³-hybridized carbons (Fsp3) is 0.200. The number of anilines is 1. The number of aromatic nitrogens is 2. The third-order valence-corrected chi connectivity index (χ3v) is 2.92. The van der Waals surface area contributed by atoms with E-state index in [0.29, 0.717) is 5.69 Å². The predicted octanol–water partition coefficient (Wildman–Crippen LogP) is 1.31. The van der Waals surface area contributed by atoms with Crippen LogP contribution in [0.3, 0.4) is 0 Å². The molecule has 2 amide bonds. The molecule has 0 bridgehead atoms. The van der Waals surface area contributed by atoms with Crippen LogP contribution >= 0.6 is 0 Å². The minimum Gasteiger partial charge on any atom is -0.370 e. The van der Waals surface area contributed by atoms with Gasteiger partial charge in [0.25, 0.3) is 5.91 Å². The first-order valence-electron chi connectivity index (χ1n) is 6.51. The van der Waals surface area contributed by atoms with Crippen molar-refractivity contribution in [3.05, 3.63) is 54.1 Å². The second-order valence-electron chi connectivity index (χ2n) is 4.60. The number of benzene rings is 1. The Morgan fingerprint density at radius 3 is 2.71 bits per heavy atom. The van der Waals surface area contributed by atoms with E-state index in [1.165, 1.54) is 23.5 Å². The molecule has 2 rings (SSSR count). The van der Waals surface area contributed by atoms with Crippen molar-refractivity contribution in [3.63, 3.8) is 0 Å². The van der Waals surface area contributed by atoms with Crippen molar-refractivity contribution < 1.29 is 9.59 Å². The molecule has 1 aromatic carbocycles. The molecule has 0 aliphatic rings. The number of aryl methyl sites for hydroxylation is 1. The van der Waals surface area contributed by atoms with E-state index in [1.807, 2.05) is 31.2 Å². The van der Waals surface area contributed by atoms with Gasteiger partial charge in [0.15, 0.2) is 0 Å². The molecule has 6 nitrogen and oxygen atoms in total. The van der Waals surface area contributed by atoms with Crippen LogP contribution in [0, 0.1) is 6.92 Å². The van der Waals surface area contributed by atoms with Gasteiger partial charge in [-0.3, -0.25) is 14.6 Å². The quantitative estimate of drug-likeness (QED) is 0.896. The van der Waals surface area contributed by atoms with Crippen LogP contribution in [0.15, 0.2) is 42.9 Å². The van der Waals surface area contributed by atoms with Gasteiger partial charge in [-0.2, -0.15) is 0 Å². The highest BCUT2D eigenvalue weighted by Gasteiger charge is 2.19. The standard InChI is InChI=1S/C15H16N4O2/c1-11-3-2-4-12(9-11)19(8-5-14(16)20)15(21)13-10-17-6-7-18-13/h2-4,6-7,9-10H,5,8H2,1H3,(H2,16,20). The zero-order chi connectivity index (χ0) is 15.2. The topological polar surface area (TPSA) is 89.2 Å². The Balaban J connectivity index is 2.32. The molecule has 1 heterocycles.